The van der Waals surface area contributed by atoms with Crippen LogP contribution in [0.2, 0.25) is 0 Å². The lowest BCUT2D eigenvalue weighted by Gasteiger charge is -2.36. The molecule has 6 nitrogen and oxygen atoms in total. The number of aliphatic imine (C=N–C) groups is 1. The van der Waals surface area contributed by atoms with Crippen LogP contribution in [-0.2, 0) is 4.79 Å². The Balaban J connectivity index is 0.00000338. The number of hydrogen-bond donors (Lipinski definition) is 2. The smallest absolute Gasteiger partial charge is 0.224 e. The molecule has 1 aliphatic rings. The lowest BCUT2D eigenvalue weighted by atomic mass is 10.2. The van der Waals surface area contributed by atoms with E-state index in [9.17, 15) is 4.79 Å². The van der Waals surface area contributed by atoms with Crippen molar-refractivity contribution < 1.29 is 4.79 Å². The minimum atomic E-state index is 0. The van der Waals surface area contributed by atoms with E-state index in [4.69, 9.17) is 0 Å². The summed E-state index contributed by atoms with van der Waals surface area (Å²) < 4.78 is 0. The molecule has 0 aromatic heterocycles. The van der Waals surface area contributed by atoms with E-state index in [1.807, 2.05) is 17.9 Å². The van der Waals surface area contributed by atoms with Gasteiger partial charge in [-0.15, -0.1) is 24.0 Å². The van der Waals surface area contributed by atoms with Crippen LogP contribution in [0.15, 0.2) is 35.3 Å². The Morgan fingerprint density at radius 2 is 1.81 bits per heavy atom. The number of nitrogens with one attached hydrogen (secondary N) is 2. The van der Waals surface area contributed by atoms with Crippen molar-refractivity contribution in [2.75, 3.05) is 44.2 Å². The highest BCUT2D eigenvalue weighted by Gasteiger charge is 2.20. The highest BCUT2D eigenvalue weighted by molar-refractivity contribution is 14.0. The summed E-state index contributed by atoms with van der Waals surface area (Å²) >= 11 is 0. The molecule has 0 saturated carbocycles. The molecule has 1 heterocycles. The van der Waals surface area contributed by atoms with Crippen LogP contribution in [-0.4, -0.2) is 62.1 Å². The lowest BCUT2D eigenvalue weighted by Crippen LogP contribution is -2.49. The van der Waals surface area contributed by atoms with Crippen molar-refractivity contribution in [2.24, 2.45) is 4.99 Å². The minimum absolute atomic E-state index is 0. The summed E-state index contributed by atoms with van der Waals surface area (Å²) in [6.07, 6.45) is 0.458. The summed E-state index contributed by atoms with van der Waals surface area (Å²) in [4.78, 5) is 21.2. The number of rotatable bonds is 6. The first-order valence-corrected chi connectivity index (χ1v) is 9.22. The molecule has 0 atom stereocenters. The van der Waals surface area contributed by atoms with Crippen LogP contribution < -0.4 is 15.5 Å². The Kier molecular flexibility index (Phi) is 10.4. The molecular formula is C19H32IN5O. The fraction of sp³-hybridized carbons (Fsp3) is 0.579. The second kappa shape index (κ2) is 12.0. The third-order valence-corrected chi connectivity index (χ3v) is 4.12. The Hall–Kier alpha value is -1.51. The number of nitrogens with zero attached hydrogens (tertiary/aromatic N) is 3. The zero-order valence-corrected chi connectivity index (χ0v) is 18.4. The third-order valence-electron chi connectivity index (χ3n) is 4.12. The van der Waals surface area contributed by atoms with Gasteiger partial charge in [-0.1, -0.05) is 18.2 Å². The normalized spacial score (nSPS) is 14.8. The number of para-hydroxylation sites is 1. The summed E-state index contributed by atoms with van der Waals surface area (Å²) in [6, 6.07) is 10.7. The molecule has 1 aromatic carbocycles. The van der Waals surface area contributed by atoms with Crippen molar-refractivity contribution in [3.05, 3.63) is 30.3 Å². The zero-order valence-electron chi connectivity index (χ0n) is 16.1. The van der Waals surface area contributed by atoms with Crippen LogP contribution in [0.3, 0.4) is 0 Å². The molecule has 1 saturated heterocycles. The van der Waals surface area contributed by atoms with Crippen molar-refractivity contribution >= 4 is 41.5 Å². The molecule has 146 valence electrons. The Bertz CT molecular complexity index is 556. The SMILES string of the molecule is CCNC(=NCCC(=O)N1CCN(c2ccccc2)CC1)NC(C)C.I. The summed E-state index contributed by atoms with van der Waals surface area (Å²) in [6.45, 7) is 10.8. The van der Waals surface area contributed by atoms with Gasteiger partial charge in [0, 0.05) is 50.9 Å². The molecule has 1 aromatic rings. The van der Waals surface area contributed by atoms with E-state index in [2.05, 4.69) is 58.6 Å². The molecule has 0 aliphatic carbocycles. The molecule has 1 fully saturated rings. The maximum Gasteiger partial charge on any atom is 0.224 e. The second-order valence-corrected chi connectivity index (χ2v) is 6.51. The fourth-order valence-corrected chi connectivity index (χ4v) is 2.87. The predicted molar refractivity (Wildman–Crippen MR) is 120 cm³/mol. The highest BCUT2D eigenvalue weighted by atomic mass is 127. The largest absolute Gasteiger partial charge is 0.368 e. The van der Waals surface area contributed by atoms with Gasteiger partial charge in [0.25, 0.3) is 0 Å². The number of carbonyl (C=O) groups excluding carboxylic acids is 1. The minimum Gasteiger partial charge on any atom is -0.368 e. The van der Waals surface area contributed by atoms with Crippen molar-refractivity contribution in [3.63, 3.8) is 0 Å². The van der Waals surface area contributed by atoms with Crippen molar-refractivity contribution in [1.29, 1.82) is 0 Å². The van der Waals surface area contributed by atoms with E-state index in [0.717, 1.165) is 38.7 Å². The average Bonchev–Trinajstić information content (AvgIpc) is 2.62. The number of benzene rings is 1. The Morgan fingerprint density at radius 1 is 1.15 bits per heavy atom. The quantitative estimate of drug-likeness (QED) is 0.378. The van der Waals surface area contributed by atoms with Gasteiger partial charge in [-0.05, 0) is 32.9 Å². The van der Waals surface area contributed by atoms with Crippen molar-refractivity contribution in [1.82, 2.24) is 15.5 Å². The Labute approximate surface area is 174 Å². The number of guanidine groups is 1. The molecule has 0 radical (unpaired) electrons. The van der Waals surface area contributed by atoms with E-state index < -0.39 is 0 Å². The monoisotopic (exact) mass is 473 g/mol. The molecule has 1 aliphatic heterocycles. The van der Waals surface area contributed by atoms with E-state index in [0.29, 0.717) is 19.0 Å². The van der Waals surface area contributed by atoms with Gasteiger partial charge in [0.15, 0.2) is 5.96 Å². The van der Waals surface area contributed by atoms with Crippen LogP contribution in [0.5, 0.6) is 0 Å². The summed E-state index contributed by atoms with van der Waals surface area (Å²) in [5, 5.41) is 6.46. The zero-order chi connectivity index (χ0) is 18.1. The molecule has 26 heavy (non-hydrogen) atoms. The number of carbonyl (C=O) groups is 1. The van der Waals surface area contributed by atoms with Crippen molar-refractivity contribution in [2.45, 2.75) is 33.2 Å². The van der Waals surface area contributed by atoms with E-state index in [1.54, 1.807) is 0 Å². The Morgan fingerprint density at radius 3 is 2.38 bits per heavy atom. The average molecular weight is 473 g/mol. The maximum atomic E-state index is 12.4. The van der Waals surface area contributed by atoms with Crippen molar-refractivity contribution in [3.8, 4) is 0 Å². The summed E-state index contributed by atoms with van der Waals surface area (Å²) in [7, 11) is 0. The summed E-state index contributed by atoms with van der Waals surface area (Å²) in [5.41, 5.74) is 1.23. The van der Waals surface area contributed by atoms with E-state index in [1.165, 1.54) is 5.69 Å². The van der Waals surface area contributed by atoms with E-state index in [-0.39, 0.29) is 29.9 Å². The van der Waals surface area contributed by atoms with E-state index >= 15 is 0 Å². The number of amides is 1. The second-order valence-electron chi connectivity index (χ2n) is 6.51. The molecular weight excluding hydrogens is 441 g/mol. The number of anilines is 1. The maximum absolute atomic E-state index is 12.4. The molecule has 2 N–H and O–H groups in total. The first-order valence-electron chi connectivity index (χ1n) is 9.22. The van der Waals surface area contributed by atoms with Crippen LogP contribution >= 0.6 is 24.0 Å². The molecule has 7 heteroatoms. The number of hydrogen-bond acceptors (Lipinski definition) is 3. The van der Waals surface area contributed by atoms with Gasteiger partial charge in [-0.2, -0.15) is 0 Å². The lowest BCUT2D eigenvalue weighted by molar-refractivity contribution is -0.131. The van der Waals surface area contributed by atoms with Gasteiger partial charge in [-0.25, -0.2) is 0 Å². The van der Waals surface area contributed by atoms with Gasteiger partial charge in [-0.3, -0.25) is 9.79 Å². The number of halogens is 1. The van der Waals surface area contributed by atoms with Crippen LogP contribution in [0, 0.1) is 0 Å². The molecule has 0 unspecified atom stereocenters. The topological polar surface area (TPSA) is 60.0 Å². The molecule has 0 bridgehead atoms. The third kappa shape index (κ3) is 7.39. The highest BCUT2D eigenvalue weighted by Crippen LogP contribution is 2.15. The van der Waals surface area contributed by atoms with Crippen LogP contribution in [0.1, 0.15) is 27.2 Å². The van der Waals surface area contributed by atoms with Gasteiger partial charge in [0.05, 0.1) is 6.54 Å². The molecule has 0 spiro atoms. The molecule has 2 rings (SSSR count). The summed E-state index contributed by atoms with van der Waals surface area (Å²) in [5.74, 6) is 0.969. The van der Waals surface area contributed by atoms with Gasteiger partial charge < -0.3 is 20.4 Å². The first-order chi connectivity index (χ1) is 12.1. The number of piperazine rings is 1. The fourth-order valence-electron chi connectivity index (χ4n) is 2.87. The first kappa shape index (κ1) is 22.5. The van der Waals surface area contributed by atoms with Gasteiger partial charge in [0.2, 0.25) is 5.91 Å². The van der Waals surface area contributed by atoms with Gasteiger partial charge >= 0.3 is 0 Å². The standard InChI is InChI=1S/C19H31N5O.HI/c1-4-20-19(22-16(2)3)21-11-10-18(25)24-14-12-23(13-15-24)17-8-6-5-7-9-17;/h5-9,16H,4,10-15H2,1-3H3,(H2,20,21,22);1H. The molecule has 1 amide bonds. The van der Waals surface area contributed by atoms with Crippen LogP contribution in [0.4, 0.5) is 5.69 Å². The van der Waals surface area contributed by atoms with Crippen LogP contribution in [0.25, 0.3) is 0 Å². The van der Waals surface area contributed by atoms with Gasteiger partial charge in [0.1, 0.15) is 0 Å². The predicted octanol–water partition coefficient (Wildman–Crippen LogP) is 2.31.